The van der Waals surface area contributed by atoms with Gasteiger partial charge >= 0.3 is 0 Å². The smallest absolute Gasteiger partial charge is 0.123 e. The predicted octanol–water partition coefficient (Wildman–Crippen LogP) is 2.44. The zero-order valence-corrected chi connectivity index (χ0v) is 9.96. The Morgan fingerprint density at radius 1 is 1.31 bits per heavy atom. The first-order valence-corrected chi connectivity index (χ1v) is 5.98. The quantitative estimate of drug-likeness (QED) is 0.862. The topological polar surface area (TPSA) is 34.1 Å². The van der Waals surface area contributed by atoms with Crippen molar-refractivity contribution < 1.29 is 4.74 Å². The molecule has 0 aliphatic carbocycles. The normalized spacial score (nSPS) is 10.3. The van der Waals surface area contributed by atoms with Gasteiger partial charge in [0.25, 0.3) is 0 Å². The van der Waals surface area contributed by atoms with Crippen LogP contribution in [0.5, 0.6) is 5.75 Å². The van der Waals surface area contributed by atoms with Gasteiger partial charge in [0.1, 0.15) is 5.75 Å². The Labute approximate surface area is 99.1 Å². The maximum atomic E-state index is 5.28. The maximum absolute atomic E-state index is 5.28. The van der Waals surface area contributed by atoms with Crippen molar-refractivity contribution in [2.24, 2.45) is 0 Å². The molecular formula is C12H14N2OS. The number of para-hydroxylation sites is 1. The summed E-state index contributed by atoms with van der Waals surface area (Å²) in [5, 5.41) is 3.37. The molecule has 0 spiro atoms. The Bertz CT molecular complexity index is 428. The Kier molecular flexibility index (Phi) is 3.91. The minimum absolute atomic E-state index is 0.807. The van der Waals surface area contributed by atoms with Crippen LogP contribution < -0.4 is 10.1 Å². The lowest BCUT2D eigenvalue weighted by Gasteiger charge is -2.08. The second-order valence-corrected chi connectivity index (χ2v) is 4.35. The average Bonchev–Trinajstić information content (AvgIpc) is 2.83. The molecule has 1 aromatic carbocycles. The van der Waals surface area contributed by atoms with E-state index in [2.05, 4.69) is 16.4 Å². The number of methoxy groups -OCH3 is 1. The van der Waals surface area contributed by atoms with E-state index in [1.807, 2.05) is 29.9 Å². The summed E-state index contributed by atoms with van der Waals surface area (Å²) >= 11 is 1.66. The molecule has 2 rings (SSSR count). The summed E-state index contributed by atoms with van der Waals surface area (Å²) in [6.07, 6.45) is 1.89. The van der Waals surface area contributed by atoms with Crippen LogP contribution in [0.3, 0.4) is 0 Å². The number of benzene rings is 1. The Hall–Kier alpha value is -1.39. The van der Waals surface area contributed by atoms with Crippen molar-refractivity contribution >= 4 is 11.3 Å². The zero-order valence-electron chi connectivity index (χ0n) is 9.14. The Morgan fingerprint density at radius 2 is 2.19 bits per heavy atom. The fourth-order valence-corrected chi connectivity index (χ4v) is 2.06. The first-order chi connectivity index (χ1) is 7.90. The van der Waals surface area contributed by atoms with Crippen molar-refractivity contribution in [3.63, 3.8) is 0 Å². The van der Waals surface area contributed by atoms with E-state index in [0.717, 1.165) is 18.8 Å². The van der Waals surface area contributed by atoms with Crippen molar-refractivity contribution in [2.75, 3.05) is 7.11 Å². The van der Waals surface area contributed by atoms with E-state index in [1.165, 1.54) is 10.4 Å². The molecule has 0 saturated heterocycles. The third-order valence-corrected chi connectivity index (χ3v) is 3.07. The molecule has 1 N–H and O–H groups in total. The monoisotopic (exact) mass is 234 g/mol. The summed E-state index contributed by atoms with van der Waals surface area (Å²) in [5.74, 6) is 0.930. The van der Waals surface area contributed by atoms with Gasteiger partial charge in [0.05, 0.1) is 12.6 Å². The summed E-state index contributed by atoms with van der Waals surface area (Å²) in [4.78, 5) is 5.28. The van der Waals surface area contributed by atoms with Crippen LogP contribution in [-0.4, -0.2) is 12.1 Å². The molecule has 4 heteroatoms. The van der Waals surface area contributed by atoms with Gasteiger partial charge in [-0.15, -0.1) is 11.3 Å². The largest absolute Gasteiger partial charge is 0.496 e. The minimum atomic E-state index is 0.807. The van der Waals surface area contributed by atoms with Crippen LogP contribution >= 0.6 is 11.3 Å². The van der Waals surface area contributed by atoms with E-state index in [9.17, 15) is 0 Å². The molecule has 0 atom stereocenters. The van der Waals surface area contributed by atoms with E-state index in [-0.39, 0.29) is 0 Å². The summed E-state index contributed by atoms with van der Waals surface area (Å²) < 4.78 is 5.28. The molecule has 84 valence electrons. The summed E-state index contributed by atoms with van der Waals surface area (Å²) in [5.41, 5.74) is 3.02. The van der Waals surface area contributed by atoms with Gasteiger partial charge in [-0.1, -0.05) is 18.2 Å². The van der Waals surface area contributed by atoms with Crippen molar-refractivity contribution in [1.82, 2.24) is 10.3 Å². The molecule has 16 heavy (non-hydrogen) atoms. The van der Waals surface area contributed by atoms with Gasteiger partial charge in [0.15, 0.2) is 0 Å². The fraction of sp³-hybridized carbons (Fsp3) is 0.250. The van der Waals surface area contributed by atoms with Gasteiger partial charge in [-0.05, 0) is 6.07 Å². The van der Waals surface area contributed by atoms with Gasteiger partial charge in [-0.3, -0.25) is 4.98 Å². The van der Waals surface area contributed by atoms with Gasteiger partial charge in [-0.2, -0.15) is 0 Å². The lowest BCUT2D eigenvalue weighted by molar-refractivity contribution is 0.407. The number of nitrogens with zero attached hydrogens (tertiary/aromatic N) is 1. The predicted molar refractivity (Wildman–Crippen MR) is 65.7 cm³/mol. The van der Waals surface area contributed by atoms with E-state index < -0.39 is 0 Å². The van der Waals surface area contributed by atoms with E-state index in [4.69, 9.17) is 4.74 Å². The number of hydrogen-bond acceptors (Lipinski definition) is 4. The van der Waals surface area contributed by atoms with Gasteiger partial charge < -0.3 is 10.1 Å². The molecule has 2 aromatic rings. The molecule has 0 bridgehead atoms. The first kappa shape index (κ1) is 11.1. The number of aromatic nitrogens is 1. The highest BCUT2D eigenvalue weighted by Gasteiger charge is 2.01. The minimum Gasteiger partial charge on any atom is -0.496 e. The molecule has 1 heterocycles. The molecule has 3 nitrogen and oxygen atoms in total. The zero-order chi connectivity index (χ0) is 11.2. The average molecular weight is 234 g/mol. The molecule has 1 aromatic heterocycles. The molecule has 0 unspecified atom stereocenters. The highest BCUT2D eigenvalue weighted by atomic mass is 32.1. The van der Waals surface area contributed by atoms with Crippen molar-refractivity contribution in [3.05, 3.63) is 46.4 Å². The fourth-order valence-electron chi connectivity index (χ4n) is 1.50. The molecule has 0 fully saturated rings. The highest BCUT2D eigenvalue weighted by Crippen LogP contribution is 2.17. The molecule has 0 aliphatic heterocycles. The van der Waals surface area contributed by atoms with Crippen LogP contribution in [0.2, 0.25) is 0 Å². The van der Waals surface area contributed by atoms with Crippen LogP contribution in [0.25, 0.3) is 0 Å². The van der Waals surface area contributed by atoms with Crippen LogP contribution in [0.15, 0.2) is 36.0 Å². The van der Waals surface area contributed by atoms with Crippen LogP contribution in [0.1, 0.15) is 10.4 Å². The third-order valence-electron chi connectivity index (χ3n) is 2.29. The van der Waals surface area contributed by atoms with Crippen LogP contribution in [0, 0.1) is 0 Å². The lowest BCUT2D eigenvalue weighted by Crippen LogP contribution is -2.12. The Balaban J connectivity index is 1.89. The molecule has 0 aliphatic rings. The number of rotatable bonds is 5. The van der Waals surface area contributed by atoms with Gasteiger partial charge in [-0.25, -0.2) is 0 Å². The number of hydrogen-bond donors (Lipinski definition) is 1. The van der Waals surface area contributed by atoms with E-state index in [0.29, 0.717) is 0 Å². The number of ether oxygens (including phenoxy) is 1. The SMILES string of the molecule is COc1ccccc1CNCc1cncs1. The van der Waals surface area contributed by atoms with Crippen molar-refractivity contribution in [3.8, 4) is 5.75 Å². The second kappa shape index (κ2) is 5.63. The second-order valence-electron chi connectivity index (χ2n) is 3.38. The van der Waals surface area contributed by atoms with E-state index in [1.54, 1.807) is 18.4 Å². The highest BCUT2D eigenvalue weighted by molar-refractivity contribution is 7.09. The van der Waals surface area contributed by atoms with E-state index >= 15 is 0 Å². The summed E-state index contributed by atoms with van der Waals surface area (Å²) in [6.45, 7) is 1.66. The Morgan fingerprint density at radius 3 is 2.94 bits per heavy atom. The lowest BCUT2D eigenvalue weighted by atomic mass is 10.2. The summed E-state index contributed by atoms with van der Waals surface area (Å²) in [6, 6.07) is 8.04. The first-order valence-electron chi connectivity index (χ1n) is 5.10. The number of thiazole rings is 1. The van der Waals surface area contributed by atoms with Gasteiger partial charge in [0, 0.05) is 29.7 Å². The number of nitrogens with one attached hydrogen (secondary N) is 1. The van der Waals surface area contributed by atoms with Crippen molar-refractivity contribution in [1.29, 1.82) is 0 Å². The van der Waals surface area contributed by atoms with Crippen LogP contribution in [-0.2, 0) is 13.1 Å². The third kappa shape index (κ3) is 2.81. The molecular weight excluding hydrogens is 220 g/mol. The summed E-state index contributed by atoms with van der Waals surface area (Å²) in [7, 11) is 1.70. The molecule has 0 amide bonds. The maximum Gasteiger partial charge on any atom is 0.123 e. The van der Waals surface area contributed by atoms with Gasteiger partial charge in [0.2, 0.25) is 0 Å². The van der Waals surface area contributed by atoms with Crippen molar-refractivity contribution in [2.45, 2.75) is 13.1 Å². The van der Waals surface area contributed by atoms with Crippen LogP contribution in [0.4, 0.5) is 0 Å². The standard InChI is InChI=1S/C12H14N2OS/c1-15-12-5-3-2-4-10(12)6-13-7-11-8-14-9-16-11/h2-5,8-9,13H,6-7H2,1H3. The molecule has 0 saturated carbocycles. The molecule has 0 radical (unpaired) electrons.